The smallest absolute Gasteiger partial charge is 0.353 e. The molecular formula is C7H7NO3S. The van der Waals surface area contributed by atoms with Gasteiger partial charge in [0.2, 0.25) is 5.91 Å². The molecule has 0 radical (unpaired) electrons. The van der Waals surface area contributed by atoms with Gasteiger partial charge < -0.3 is 10.0 Å². The van der Waals surface area contributed by atoms with Gasteiger partial charge in [0.15, 0.2) is 0 Å². The molecule has 1 fully saturated rings. The van der Waals surface area contributed by atoms with Crippen molar-refractivity contribution >= 4 is 23.6 Å². The number of carbonyl (C=O) groups is 2. The van der Waals surface area contributed by atoms with Crippen LogP contribution in [-0.4, -0.2) is 33.7 Å². The van der Waals surface area contributed by atoms with Gasteiger partial charge in [0.25, 0.3) is 0 Å². The minimum Gasteiger partial charge on any atom is -0.477 e. The Hall–Kier alpha value is -0.970. The Morgan fingerprint density at radius 1 is 1.75 bits per heavy atom. The molecule has 0 aromatic heterocycles. The Balaban J connectivity index is 2.26. The Bertz CT molecular complexity index is 286. The van der Waals surface area contributed by atoms with Gasteiger partial charge in [0.1, 0.15) is 5.70 Å². The maximum atomic E-state index is 11.0. The Kier molecular flexibility index (Phi) is 1.61. The second kappa shape index (κ2) is 2.52. The van der Waals surface area contributed by atoms with Crippen LogP contribution in [0.15, 0.2) is 11.1 Å². The molecule has 2 aliphatic rings. The van der Waals surface area contributed by atoms with E-state index in [1.54, 1.807) is 0 Å². The van der Waals surface area contributed by atoms with Crippen LogP contribution in [0.4, 0.5) is 0 Å². The Morgan fingerprint density at radius 3 is 3.00 bits per heavy atom. The molecule has 0 spiro atoms. The highest BCUT2D eigenvalue weighted by molar-refractivity contribution is 8.02. The molecule has 2 aliphatic heterocycles. The zero-order chi connectivity index (χ0) is 8.72. The minimum atomic E-state index is -1.01. The third-order valence-corrected chi connectivity index (χ3v) is 2.97. The number of nitrogens with zero attached hydrogens (tertiary/aromatic N) is 1. The van der Waals surface area contributed by atoms with Crippen LogP contribution in [0.1, 0.15) is 6.42 Å². The predicted molar refractivity (Wildman–Crippen MR) is 43.4 cm³/mol. The van der Waals surface area contributed by atoms with Crippen LogP contribution in [0.2, 0.25) is 0 Å². The summed E-state index contributed by atoms with van der Waals surface area (Å²) in [6.45, 7) is 0. The van der Waals surface area contributed by atoms with Gasteiger partial charge in [0, 0.05) is 17.6 Å². The van der Waals surface area contributed by atoms with Crippen molar-refractivity contribution in [1.29, 1.82) is 0 Å². The number of carboxylic acid groups (broad SMARTS) is 1. The number of aliphatic carboxylic acids is 1. The largest absolute Gasteiger partial charge is 0.477 e. The van der Waals surface area contributed by atoms with E-state index in [4.69, 9.17) is 5.11 Å². The molecule has 5 heteroatoms. The molecule has 4 nitrogen and oxygen atoms in total. The molecule has 0 aromatic rings. The van der Waals surface area contributed by atoms with E-state index in [1.165, 1.54) is 22.1 Å². The molecule has 2 heterocycles. The third kappa shape index (κ3) is 0.929. The summed E-state index contributed by atoms with van der Waals surface area (Å²) in [4.78, 5) is 23.0. The van der Waals surface area contributed by atoms with Gasteiger partial charge in [-0.3, -0.25) is 4.79 Å². The van der Waals surface area contributed by atoms with E-state index >= 15 is 0 Å². The van der Waals surface area contributed by atoms with E-state index in [1.807, 2.05) is 0 Å². The highest BCUT2D eigenvalue weighted by Crippen LogP contribution is 2.33. The first kappa shape index (κ1) is 7.67. The van der Waals surface area contributed by atoms with Crippen molar-refractivity contribution < 1.29 is 14.7 Å². The van der Waals surface area contributed by atoms with Crippen LogP contribution in [0.25, 0.3) is 0 Å². The topological polar surface area (TPSA) is 57.6 Å². The van der Waals surface area contributed by atoms with Crippen LogP contribution in [0.5, 0.6) is 0 Å². The molecule has 1 atom stereocenters. The molecule has 64 valence electrons. The van der Waals surface area contributed by atoms with E-state index in [0.717, 1.165) is 5.75 Å². The zero-order valence-electron chi connectivity index (χ0n) is 6.19. The molecule has 0 saturated carbocycles. The lowest BCUT2D eigenvalue weighted by Gasteiger charge is -2.42. The van der Waals surface area contributed by atoms with Crippen molar-refractivity contribution in [3.8, 4) is 0 Å². The van der Waals surface area contributed by atoms with Gasteiger partial charge in [-0.1, -0.05) is 0 Å². The van der Waals surface area contributed by atoms with E-state index in [9.17, 15) is 9.59 Å². The van der Waals surface area contributed by atoms with E-state index in [-0.39, 0.29) is 17.6 Å². The quantitative estimate of drug-likeness (QED) is 0.595. The summed E-state index contributed by atoms with van der Waals surface area (Å²) in [5.74, 6) is -0.267. The van der Waals surface area contributed by atoms with Crippen LogP contribution in [0.3, 0.4) is 0 Å². The van der Waals surface area contributed by atoms with Gasteiger partial charge in [0.05, 0.1) is 6.04 Å². The number of amides is 1. The van der Waals surface area contributed by atoms with Crippen LogP contribution < -0.4 is 0 Å². The van der Waals surface area contributed by atoms with Gasteiger partial charge in [-0.2, -0.15) is 0 Å². The molecule has 0 aromatic carbocycles. The fraction of sp³-hybridized carbons (Fsp3) is 0.429. The standard InChI is InChI=1S/C7H7NO3S/c9-6-1-4-2-12-3-5(7(10)11)8(4)6/h3-4H,1-2H2,(H,10,11). The highest BCUT2D eigenvalue weighted by Gasteiger charge is 2.42. The second-order valence-electron chi connectivity index (χ2n) is 2.76. The number of β-lactam (4-membered cyclic amide) rings is 1. The molecule has 1 unspecified atom stereocenters. The number of thioether (sulfide) groups is 1. The van der Waals surface area contributed by atoms with Gasteiger partial charge in [-0.05, 0) is 0 Å². The van der Waals surface area contributed by atoms with Gasteiger partial charge >= 0.3 is 5.97 Å². The van der Waals surface area contributed by atoms with Crippen molar-refractivity contribution in [3.05, 3.63) is 11.1 Å². The summed E-state index contributed by atoms with van der Waals surface area (Å²) in [6.07, 6.45) is 0.498. The predicted octanol–water partition coefficient (Wildman–Crippen LogP) is 0.260. The molecule has 0 aliphatic carbocycles. The van der Waals surface area contributed by atoms with Crippen LogP contribution in [-0.2, 0) is 9.59 Å². The lowest BCUT2D eigenvalue weighted by Crippen LogP contribution is -2.55. The summed E-state index contributed by atoms with van der Waals surface area (Å²) in [7, 11) is 0. The van der Waals surface area contributed by atoms with E-state index in [0.29, 0.717) is 6.42 Å². The fourth-order valence-corrected chi connectivity index (χ4v) is 2.35. The molecule has 12 heavy (non-hydrogen) atoms. The molecule has 1 N–H and O–H groups in total. The SMILES string of the molecule is O=C(O)C1=CSCC2CC(=O)N12. The van der Waals surface area contributed by atoms with Crippen molar-refractivity contribution in [2.45, 2.75) is 12.5 Å². The number of hydrogen-bond acceptors (Lipinski definition) is 3. The number of fused-ring (bicyclic) bond motifs is 1. The number of carbonyl (C=O) groups excluding carboxylic acids is 1. The van der Waals surface area contributed by atoms with Crippen molar-refractivity contribution in [1.82, 2.24) is 4.90 Å². The fourth-order valence-electron chi connectivity index (χ4n) is 1.40. The summed E-state index contributed by atoms with van der Waals surface area (Å²) in [6, 6.07) is 0.124. The van der Waals surface area contributed by atoms with E-state index < -0.39 is 5.97 Å². The summed E-state index contributed by atoms with van der Waals surface area (Å²) in [5.41, 5.74) is 0.132. The van der Waals surface area contributed by atoms with E-state index in [2.05, 4.69) is 0 Å². The molecule has 1 amide bonds. The van der Waals surface area contributed by atoms with Crippen LogP contribution >= 0.6 is 11.8 Å². The van der Waals surface area contributed by atoms with Crippen molar-refractivity contribution in [3.63, 3.8) is 0 Å². The minimum absolute atomic E-state index is 0.0750. The number of hydrogen-bond donors (Lipinski definition) is 1. The molecule has 2 rings (SSSR count). The van der Waals surface area contributed by atoms with Gasteiger partial charge in [-0.25, -0.2) is 4.79 Å². The van der Waals surface area contributed by atoms with Crippen molar-refractivity contribution in [2.75, 3.05) is 5.75 Å². The second-order valence-corrected chi connectivity index (χ2v) is 3.67. The van der Waals surface area contributed by atoms with Gasteiger partial charge in [-0.15, -0.1) is 11.8 Å². The summed E-state index contributed by atoms with van der Waals surface area (Å²) < 4.78 is 0. The molecule has 0 bridgehead atoms. The first-order valence-corrected chi connectivity index (χ1v) is 4.62. The third-order valence-electron chi connectivity index (χ3n) is 2.01. The first-order valence-electron chi connectivity index (χ1n) is 3.57. The average molecular weight is 185 g/mol. The maximum absolute atomic E-state index is 11.0. The number of carboxylic acids is 1. The number of rotatable bonds is 1. The lowest BCUT2D eigenvalue weighted by atomic mass is 10.0. The Labute approximate surface area is 73.2 Å². The maximum Gasteiger partial charge on any atom is 0.353 e. The molecule has 1 saturated heterocycles. The lowest BCUT2D eigenvalue weighted by molar-refractivity contribution is -0.148. The summed E-state index contributed by atoms with van der Waals surface area (Å²) in [5, 5.41) is 10.2. The monoisotopic (exact) mass is 185 g/mol. The zero-order valence-corrected chi connectivity index (χ0v) is 7.00. The Morgan fingerprint density at radius 2 is 2.50 bits per heavy atom. The highest BCUT2D eigenvalue weighted by atomic mass is 32.2. The first-order chi connectivity index (χ1) is 5.70. The average Bonchev–Trinajstić information content (AvgIpc) is 2.01. The van der Waals surface area contributed by atoms with Crippen LogP contribution in [0, 0.1) is 0 Å². The van der Waals surface area contributed by atoms with Crippen molar-refractivity contribution in [2.24, 2.45) is 0 Å². The molecular weight excluding hydrogens is 178 g/mol. The normalized spacial score (nSPS) is 27.3. The summed E-state index contributed by atoms with van der Waals surface area (Å²) >= 11 is 1.46.